The summed E-state index contributed by atoms with van der Waals surface area (Å²) in [4.78, 5) is 10.8. The van der Waals surface area contributed by atoms with E-state index in [9.17, 15) is 4.79 Å². The summed E-state index contributed by atoms with van der Waals surface area (Å²) in [5.74, 6) is -0.00148. The minimum atomic E-state index is -0.0371. The van der Waals surface area contributed by atoms with Gasteiger partial charge in [0.05, 0.1) is 12.5 Å². The van der Waals surface area contributed by atoms with Crippen molar-refractivity contribution in [2.24, 2.45) is 5.92 Å². The van der Waals surface area contributed by atoms with Crippen LogP contribution in [0.2, 0.25) is 0 Å². The standard InChI is InChI=1S/C7H15NO2/c1-4-10-5-6(2)7(9)8-3/h6H,4-5H2,1-3H3,(H,8,9). The molecule has 3 heteroatoms. The van der Waals surface area contributed by atoms with Crippen LogP contribution in [-0.2, 0) is 9.53 Å². The van der Waals surface area contributed by atoms with E-state index >= 15 is 0 Å². The molecular weight excluding hydrogens is 130 g/mol. The normalized spacial score (nSPS) is 12.7. The fourth-order valence-electron chi connectivity index (χ4n) is 0.617. The minimum Gasteiger partial charge on any atom is -0.381 e. The summed E-state index contributed by atoms with van der Waals surface area (Å²) >= 11 is 0. The average molecular weight is 145 g/mol. The Morgan fingerprint density at radius 3 is 2.70 bits per heavy atom. The Kier molecular flexibility index (Phi) is 4.94. The van der Waals surface area contributed by atoms with E-state index in [1.807, 2.05) is 13.8 Å². The quantitative estimate of drug-likeness (QED) is 0.622. The molecule has 0 aliphatic heterocycles. The van der Waals surface area contributed by atoms with Gasteiger partial charge in [0, 0.05) is 13.7 Å². The summed E-state index contributed by atoms with van der Waals surface area (Å²) in [6, 6.07) is 0. The first-order valence-corrected chi connectivity index (χ1v) is 3.51. The molecule has 0 aliphatic rings. The molecule has 0 radical (unpaired) electrons. The van der Waals surface area contributed by atoms with Gasteiger partial charge < -0.3 is 10.1 Å². The predicted molar refractivity (Wildman–Crippen MR) is 39.7 cm³/mol. The van der Waals surface area contributed by atoms with Crippen molar-refractivity contribution >= 4 is 5.91 Å². The highest BCUT2D eigenvalue weighted by molar-refractivity contribution is 5.77. The van der Waals surface area contributed by atoms with Gasteiger partial charge in [-0.2, -0.15) is 0 Å². The van der Waals surface area contributed by atoms with Crippen molar-refractivity contribution < 1.29 is 9.53 Å². The van der Waals surface area contributed by atoms with Crippen molar-refractivity contribution in [3.8, 4) is 0 Å². The molecular formula is C7H15NO2. The van der Waals surface area contributed by atoms with Crippen LogP contribution in [-0.4, -0.2) is 26.2 Å². The Labute approximate surface area is 61.8 Å². The van der Waals surface area contributed by atoms with Crippen molar-refractivity contribution in [2.45, 2.75) is 13.8 Å². The highest BCUT2D eigenvalue weighted by Gasteiger charge is 2.09. The van der Waals surface area contributed by atoms with Gasteiger partial charge in [-0.3, -0.25) is 4.79 Å². The smallest absolute Gasteiger partial charge is 0.224 e. The molecule has 0 saturated heterocycles. The van der Waals surface area contributed by atoms with Gasteiger partial charge in [-0.1, -0.05) is 6.92 Å². The van der Waals surface area contributed by atoms with Gasteiger partial charge in [0.25, 0.3) is 0 Å². The molecule has 60 valence electrons. The van der Waals surface area contributed by atoms with Gasteiger partial charge in [-0.15, -0.1) is 0 Å². The monoisotopic (exact) mass is 145 g/mol. The lowest BCUT2D eigenvalue weighted by molar-refractivity contribution is -0.125. The molecule has 0 aromatic carbocycles. The number of hydrogen-bond donors (Lipinski definition) is 1. The van der Waals surface area contributed by atoms with E-state index in [2.05, 4.69) is 5.32 Å². The van der Waals surface area contributed by atoms with E-state index in [0.717, 1.165) is 0 Å². The van der Waals surface area contributed by atoms with E-state index in [1.165, 1.54) is 0 Å². The molecule has 1 atom stereocenters. The molecule has 0 saturated carbocycles. The van der Waals surface area contributed by atoms with Crippen molar-refractivity contribution in [1.82, 2.24) is 5.32 Å². The summed E-state index contributed by atoms with van der Waals surface area (Å²) in [6.07, 6.45) is 0. The van der Waals surface area contributed by atoms with Crippen molar-refractivity contribution in [3.05, 3.63) is 0 Å². The summed E-state index contributed by atoms with van der Waals surface area (Å²) < 4.78 is 5.06. The third kappa shape index (κ3) is 3.45. The van der Waals surface area contributed by atoms with Crippen LogP contribution in [0, 0.1) is 5.92 Å². The third-order valence-electron chi connectivity index (χ3n) is 1.27. The summed E-state index contributed by atoms with van der Waals surface area (Å²) in [5, 5.41) is 2.55. The number of carbonyl (C=O) groups is 1. The fraction of sp³-hybridized carbons (Fsp3) is 0.857. The first-order chi connectivity index (χ1) is 4.72. The molecule has 1 amide bonds. The predicted octanol–water partition coefficient (Wildman–Crippen LogP) is 0.405. The van der Waals surface area contributed by atoms with E-state index in [1.54, 1.807) is 7.05 Å². The number of ether oxygens (including phenoxy) is 1. The molecule has 0 aromatic heterocycles. The Morgan fingerprint density at radius 1 is 1.70 bits per heavy atom. The molecule has 0 fully saturated rings. The molecule has 0 rings (SSSR count). The van der Waals surface area contributed by atoms with E-state index in [0.29, 0.717) is 13.2 Å². The van der Waals surface area contributed by atoms with Crippen LogP contribution in [0.4, 0.5) is 0 Å². The number of carbonyl (C=O) groups excluding carboxylic acids is 1. The number of rotatable bonds is 4. The van der Waals surface area contributed by atoms with Gasteiger partial charge in [0.1, 0.15) is 0 Å². The highest BCUT2D eigenvalue weighted by Crippen LogP contribution is 1.94. The molecule has 10 heavy (non-hydrogen) atoms. The van der Waals surface area contributed by atoms with Gasteiger partial charge in [0.15, 0.2) is 0 Å². The zero-order chi connectivity index (χ0) is 7.98. The summed E-state index contributed by atoms with van der Waals surface area (Å²) in [7, 11) is 1.63. The number of amides is 1. The van der Waals surface area contributed by atoms with Gasteiger partial charge >= 0.3 is 0 Å². The van der Waals surface area contributed by atoms with Gasteiger partial charge in [-0.25, -0.2) is 0 Å². The average Bonchev–Trinajstić information content (AvgIpc) is 1.98. The Hall–Kier alpha value is -0.570. The lowest BCUT2D eigenvalue weighted by atomic mass is 10.2. The topological polar surface area (TPSA) is 38.3 Å². The molecule has 0 spiro atoms. The maximum atomic E-state index is 10.8. The van der Waals surface area contributed by atoms with E-state index in [-0.39, 0.29) is 11.8 Å². The Balaban J connectivity index is 3.41. The van der Waals surface area contributed by atoms with Gasteiger partial charge in [0.2, 0.25) is 5.91 Å². The van der Waals surface area contributed by atoms with Crippen LogP contribution in [0.5, 0.6) is 0 Å². The molecule has 0 heterocycles. The van der Waals surface area contributed by atoms with E-state index in [4.69, 9.17) is 4.74 Å². The molecule has 1 N–H and O–H groups in total. The zero-order valence-electron chi connectivity index (χ0n) is 6.81. The SMILES string of the molecule is CCOCC(C)C(=O)NC. The number of hydrogen-bond acceptors (Lipinski definition) is 2. The second-order valence-electron chi connectivity index (χ2n) is 2.17. The van der Waals surface area contributed by atoms with Crippen LogP contribution < -0.4 is 5.32 Å². The fourth-order valence-corrected chi connectivity index (χ4v) is 0.617. The maximum Gasteiger partial charge on any atom is 0.224 e. The molecule has 3 nitrogen and oxygen atoms in total. The van der Waals surface area contributed by atoms with Crippen molar-refractivity contribution in [3.63, 3.8) is 0 Å². The van der Waals surface area contributed by atoms with Crippen LogP contribution in [0.3, 0.4) is 0 Å². The third-order valence-corrected chi connectivity index (χ3v) is 1.27. The largest absolute Gasteiger partial charge is 0.381 e. The second-order valence-corrected chi connectivity index (χ2v) is 2.17. The second kappa shape index (κ2) is 5.23. The maximum absolute atomic E-state index is 10.8. The first kappa shape index (κ1) is 9.43. The van der Waals surface area contributed by atoms with Crippen molar-refractivity contribution in [2.75, 3.05) is 20.3 Å². The minimum absolute atomic E-state index is 0.0356. The Bertz CT molecular complexity index is 104. The number of nitrogens with one attached hydrogen (secondary N) is 1. The Morgan fingerprint density at radius 2 is 2.30 bits per heavy atom. The van der Waals surface area contributed by atoms with E-state index < -0.39 is 0 Å². The molecule has 0 aliphatic carbocycles. The van der Waals surface area contributed by atoms with Crippen LogP contribution >= 0.6 is 0 Å². The lowest BCUT2D eigenvalue weighted by Crippen LogP contribution is -2.28. The molecule has 0 bridgehead atoms. The summed E-state index contributed by atoms with van der Waals surface area (Å²) in [5.41, 5.74) is 0. The zero-order valence-corrected chi connectivity index (χ0v) is 6.81. The lowest BCUT2D eigenvalue weighted by Gasteiger charge is -2.08. The first-order valence-electron chi connectivity index (χ1n) is 3.51. The molecule has 0 aromatic rings. The van der Waals surface area contributed by atoms with Crippen LogP contribution in [0.1, 0.15) is 13.8 Å². The van der Waals surface area contributed by atoms with Crippen LogP contribution in [0.15, 0.2) is 0 Å². The summed E-state index contributed by atoms with van der Waals surface area (Å²) in [6.45, 7) is 4.93. The van der Waals surface area contributed by atoms with Crippen molar-refractivity contribution in [1.29, 1.82) is 0 Å². The van der Waals surface area contributed by atoms with Gasteiger partial charge in [-0.05, 0) is 6.92 Å². The highest BCUT2D eigenvalue weighted by atomic mass is 16.5. The molecule has 1 unspecified atom stereocenters. The van der Waals surface area contributed by atoms with Crippen LogP contribution in [0.25, 0.3) is 0 Å².